The van der Waals surface area contributed by atoms with Crippen LogP contribution in [0.1, 0.15) is 11.3 Å². The van der Waals surface area contributed by atoms with E-state index in [1.165, 1.54) is 0 Å². The number of benzene rings is 1. The second kappa shape index (κ2) is 4.43. The third-order valence-electron chi connectivity index (χ3n) is 2.68. The zero-order valence-corrected chi connectivity index (χ0v) is 10.6. The van der Waals surface area contributed by atoms with Gasteiger partial charge in [-0.25, -0.2) is 8.42 Å². The molecule has 0 saturated heterocycles. The zero-order chi connectivity index (χ0) is 13.3. The highest BCUT2D eigenvalue weighted by molar-refractivity contribution is 7.90. The number of amidine groups is 1. The van der Waals surface area contributed by atoms with Crippen LogP contribution in [0.5, 0.6) is 0 Å². The first-order valence-corrected chi connectivity index (χ1v) is 7.07. The van der Waals surface area contributed by atoms with Crippen molar-refractivity contribution >= 4 is 15.9 Å². The molecule has 0 radical (unpaired) electrons. The molecular weight excluding hydrogens is 264 g/mol. The summed E-state index contributed by atoms with van der Waals surface area (Å²) in [4.78, 5) is 12.5. The Morgan fingerprint density at radius 3 is 2.84 bits per heavy atom. The fourth-order valence-electron chi connectivity index (χ4n) is 1.82. The van der Waals surface area contributed by atoms with Crippen molar-refractivity contribution in [2.45, 2.75) is 11.4 Å². The molecule has 0 bridgehead atoms. The maximum atomic E-state index is 11.9. The van der Waals surface area contributed by atoms with E-state index < -0.39 is 10.0 Å². The van der Waals surface area contributed by atoms with Crippen LogP contribution in [-0.2, 0) is 16.6 Å². The smallest absolute Gasteiger partial charge is 0.263 e. The number of nitrogens with one attached hydrogen (secondary N) is 1. The normalized spacial score (nSPS) is 18.0. The fourth-order valence-corrected chi connectivity index (χ4v) is 3.07. The van der Waals surface area contributed by atoms with Crippen molar-refractivity contribution < 1.29 is 8.42 Å². The Bertz CT molecular complexity index is 741. The number of aliphatic imine (C=N–C) groups is 1. The van der Waals surface area contributed by atoms with Gasteiger partial charge in [0, 0.05) is 18.0 Å². The van der Waals surface area contributed by atoms with Crippen LogP contribution in [0.15, 0.2) is 52.7 Å². The summed E-state index contributed by atoms with van der Waals surface area (Å²) in [6, 6.07) is 6.74. The van der Waals surface area contributed by atoms with Crippen molar-refractivity contribution in [3.63, 3.8) is 0 Å². The first-order chi connectivity index (χ1) is 9.17. The van der Waals surface area contributed by atoms with Crippen LogP contribution >= 0.6 is 0 Å². The lowest BCUT2D eigenvalue weighted by molar-refractivity contribution is 0.595. The van der Waals surface area contributed by atoms with Crippen molar-refractivity contribution in [1.29, 1.82) is 0 Å². The van der Waals surface area contributed by atoms with E-state index in [0.29, 0.717) is 17.1 Å². The molecule has 0 saturated carbocycles. The Labute approximate surface area is 110 Å². The van der Waals surface area contributed by atoms with E-state index in [-0.39, 0.29) is 11.4 Å². The molecule has 1 aromatic carbocycles. The van der Waals surface area contributed by atoms with Gasteiger partial charge in [-0.15, -0.1) is 0 Å². The van der Waals surface area contributed by atoms with Crippen LogP contribution in [0.2, 0.25) is 0 Å². The van der Waals surface area contributed by atoms with Crippen molar-refractivity contribution in [3.8, 4) is 0 Å². The Morgan fingerprint density at radius 1 is 1.21 bits per heavy atom. The minimum atomic E-state index is -3.48. The predicted molar refractivity (Wildman–Crippen MR) is 69.0 cm³/mol. The van der Waals surface area contributed by atoms with Crippen molar-refractivity contribution in [2.24, 2.45) is 4.99 Å². The van der Waals surface area contributed by atoms with Gasteiger partial charge in [-0.2, -0.15) is 0 Å². The highest BCUT2D eigenvalue weighted by Gasteiger charge is 2.29. The summed E-state index contributed by atoms with van der Waals surface area (Å²) >= 11 is 0. The third kappa shape index (κ3) is 2.19. The molecule has 1 aliphatic rings. The number of aromatic nitrogens is 2. The topological polar surface area (TPSA) is 84.3 Å². The van der Waals surface area contributed by atoms with Crippen LogP contribution < -0.4 is 4.72 Å². The molecule has 3 rings (SSSR count). The number of nitrogens with zero attached hydrogens (tertiary/aromatic N) is 3. The second-order valence-electron chi connectivity index (χ2n) is 3.96. The molecule has 0 spiro atoms. The van der Waals surface area contributed by atoms with E-state index in [1.807, 2.05) is 0 Å². The van der Waals surface area contributed by atoms with Gasteiger partial charge in [0.05, 0.1) is 23.3 Å². The molecular formula is C12H10N4O2S. The van der Waals surface area contributed by atoms with Gasteiger partial charge in [0.1, 0.15) is 5.84 Å². The molecule has 96 valence electrons. The van der Waals surface area contributed by atoms with E-state index in [2.05, 4.69) is 19.7 Å². The van der Waals surface area contributed by atoms with E-state index in [0.717, 1.165) is 0 Å². The highest BCUT2D eigenvalue weighted by Crippen LogP contribution is 2.22. The summed E-state index contributed by atoms with van der Waals surface area (Å²) in [5.74, 6) is 0.348. The molecule has 7 heteroatoms. The molecule has 2 heterocycles. The van der Waals surface area contributed by atoms with Crippen LogP contribution in [0.4, 0.5) is 0 Å². The van der Waals surface area contributed by atoms with Crippen LogP contribution in [0.3, 0.4) is 0 Å². The first kappa shape index (κ1) is 11.8. The predicted octanol–water partition coefficient (Wildman–Crippen LogP) is 0.715. The van der Waals surface area contributed by atoms with Gasteiger partial charge in [-0.3, -0.25) is 19.7 Å². The lowest BCUT2D eigenvalue weighted by Gasteiger charge is -1.98. The molecule has 0 fully saturated rings. The number of rotatable bonds is 2. The van der Waals surface area contributed by atoms with Gasteiger partial charge in [0.15, 0.2) is 0 Å². The number of hydrogen-bond donors (Lipinski definition) is 1. The minimum absolute atomic E-state index is 0.257. The molecule has 0 unspecified atom stereocenters. The van der Waals surface area contributed by atoms with Gasteiger partial charge in [0.25, 0.3) is 10.0 Å². The average molecular weight is 274 g/mol. The lowest BCUT2D eigenvalue weighted by Crippen LogP contribution is -2.22. The highest BCUT2D eigenvalue weighted by atomic mass is 32.2. The fraction of sp³-hybridized carbons (Fsp3) is 0.0833. The van der Waals surface area contributed by atoms with E-state index in [1.54, 1.807) is 42.9 Å². The maximum Gasteiger partial charge on any atom is 0.263 e. The van der Waals surface area contributed by atoms with Crippen molar-refractivity contribution in [1.82, 2.24) is 14.7 Å². The maximum absolute atomic E-state index is 11.9. The molecule has 1 N–H and O–H groups in total. The van der Waals surface area contributed by atoms with Gasteiger partial charge < -0.3 is 0 Å². The van der Waals surface area contributed by atoms with Gasteiger partial charge in [-0.1, -0.05) is 12.1 Å². The summed E-state index contributed by atoms with van der Waals surface area (Å²) in [6.07, 6.45) is 4.74. The van der Waals surface area contributed by atoms with Gasteiger partial charge >= 0.3 is 0 Å². The van der Waals surface area contributed by atoms with Crippen LogP contribution in [-0.4, -0.2) is 24.2 Å². The Balaban J connectivity index is 1.96. The molecule has 1 aromatic heterocycles. The van der Waals surface area contributed by atoms with E-state index >= 15 is 0 Å². The summed E-state index contributed by atoms with van der Waals surface area (Å²) in [6.45, 7) is 0.278. The lowest BCUT2D eigenvalue weighted by atomic mass is 10.2. The standard InChI is InChI=1S/C12H10N4O2S/c17-19(18)11-4-2-1-3-10(11)12(16-19)15-8-9-7-13-5-6-14-9/h1-7H,8H2,(H,15,16). The molecule has 0 aliphatic carbocycles. The van der Waals surface area contributed by atoms with Gasteiger partial charge in [-0.05, 0) is 12.1 Å². The Kier molecular flexibility index (Phi) is 2.75. The largest absolute Gasteiger partial charge is 0.263 e. The number of hydrogen-bond acceptors (Lipinski definition) is 5. The first-order valence-electron chi connectivity index (χ1n) is 5.58. The molecule has 1 aliphatic heterocycles. The summed E-state index contributed by atoms with van der Waals surface area (Å²) in [5, 5.41) is 0. The molecule has 6 nitrogen and oxygen atoms in total. The van der Waals surface area contributed by atoms with Crippen molar-refractivity contribution in [2.75, 3.05) is 0 Å². The molecule has 0 atom stereocenters. The average Bonchev–Trinajstić information content (AvgIpc) is 2.70. The third-order valence-corrected chi connectivity index (χ3v) is 4.08. The number of sulfonamides is 1. The van der Waals surface area contributed by atoms with Crippen LogP contribution in [0.25, 0.3) is 0 Å². The summed E-state index contributed by atoms with van der Waals surface area (Å²) in [7, 11) is -3.48. The van der Waals surface area contributed by atoms with E-state index in [4.69, 9.17) is 0 Å². The minimum Gasteiger partial charge on any atom is -0.263 e. The Morgan fingerprint density at radius 2 is 2.05 bits per heavy atom. The summed E-state index contributed by atoms with van der Waals surface area (Å²) in [5.41, 5.74) is 1.27. The van der Waals surface area contributed by atoms with Crippen molar-refractivity contribution in [3.05, 3.63) is 54.1 Å². The van der Waals surface area contributed by atoms with E-state index in [9.17, 15) is 8.42 Å². The van der Waals surface area contributed by atoms with Gasteiger partial charge in [0.2, 0.25) is 0 Å². The summed E-state index contributed by atoms with van der Waals surface area (Å²) < 4.78 is 26.1. The second-order valence-corrected chi connectivity index (χ2v) is 5.61. The zero-order valence-electron chi connectivity index (χ0n) is 9.81. The molecule has 2 aromatic rings. The Hall–Kier alpha value is -2.28. The monoisotopic (exact) mass is 274 g/mol. The number of fused-ring (bicyclic) bond motifs is 1. The quantitative estimate of drug-likeness (QED) is 0.874. The molecule has 19 heavy (non-hydrogen) atoms. The molecule has 0 amide bonds. The van der Waals surface area contributed by atoms with Crippen LogP contribution in [0, 0.1) is 0 Å². The SMILES string of the molecule is O=S1(=O)NC(=NCc2cnccn2)c2ccccc21.